The van der Waals surface area contributed by atoms with Gasteiger partial charge in [-0.2, -0.15) is 13.2 Å². The third-order valence-electron chi connectivity index (χ3n) is 2.54. The van der Waals surface area contributed by atoms with Crippen LogP contribution in [0.2, 0.25) is 0 Å². The van der Waals surface area contributed by atoms with Crippen LogP contribution in [0.15, 0.2) is 0 Å². The topological polar surface area (TPSA) is 0 Å². The van der Waals surface area contributed by atoms with Crippen molar-refractivity contribution in [1.82, 2.24) is 0 Å². The van der Waals surface area contributed by atoms with E-state index in [4.69, 9.17) is 0 Å². The number of unbranched alkanes of at least 4 members (excludes halogenated alkanes) is 8. The Labute approximate surface area is 115 Å². The number of hydrogen-bond donors (Lipinski definition) is 0. The van der Waals surface area contributed by atoms with E-state index in [9.17, 15) is 13.2 Å². The van der Waals surface area contributed by atoms with Crippen molar-refractivity contribution >= 4 is 27.7 Å². The minimum atomic E-state index is -4.05. The Morgan fingerprint density at radius 1 is 0.706 bits per heavy atom. The van der Waals surface area contributed by atoms with Crippen molar-refractivity contribution in [3.8, 4) is 0 Å². The molecule has 0 aliphatic heterocycles. The van der Waals surface area contributed by atoms with Crippen molar-refractivity contribution in [1.29, 1.82) is 0 Å². The molecule has 104 valence electrons. The van der Waals surface area contributed by atoms with Gasteiger partial charge in [0.1, 0.15) is 0 Å². The molecule has 0 aromatic rings. The van der Waals surface area contributed by atoms with Gasteiger partial charge in [-0.05, 0) is 12.8 Å². The van der Waals surface area contributed by atoms with Crippen molar-refractivity contribution in [2.45, 2.75) is 63.3 Å². The highest BCUT2D eigenvalue weighted by atomic mass is 79.9. The van der Waals surface area contributed by atoms with Crippen LogP contribution in [0.5, 0.6) is 0 Å². The average Bonchev–Trinajstić information content (AvgIpc) is 2.24. The second-order valence-corrected chi connectivity index (χ2v) is 6.12. The van der Waals surface area contributed by atoms with Gasteiger partial charge in [-0.25, -0.2) is 0 Å². The zero-order valence-corrected chi connectivity index (χ0v) is 12.6. The fourth-order valence-electron chi connectivity index (χ4n) is 1.62. The predicted octanol–water partition coefficient (Wildman–Crippen LogP) is 6.15. The summed E-state index contributed by atoms with van der Waals surface area (Å²) < 4.78 is 35.4. The molecule has 0 saturated carbocycles. The van der Waals surface area contributed by atoms with Crippen LogP contribution in [0.25, 0.3) is 0 Å². The highest BCUT2D eigenvalue weighted by Gasteiger charge is 2.27. The Bertz CT molecular complexity index is 162. The molecular weight excluding hydrogens is 313 g/mol. The van der Waals surface area contributed by atoms with Crippen LogP contribution >= 0.6 is 27.7 Å². The van der Waals surface area contributed by atoms with E-state index in [-0.39, 0.29) is 17.5 Å². The van der Waals surface area contributed by atoms with Gasteiger partial charge in [0.2, 0.25) is 0 Å². The maximum absolute atomic E-state index is 11.8. The Morgan fingerprint density at radius 2 is 1.12 bits per heavy atom. The molecule has 0 aromatic heterocycles. The summed E-state index contributed by atoms with van der Waals surface area (Å²) in [5, 5.41) is 1.09. The molecule has 0 heterocycles. The quantitative estimate of drug-likeness (QED) is 0.322. The fraction of sp³-hybridized carbons (Fsp3) is 1.00. The summed E-state index contributed by atoms with van der Waals surface area (Å²) in [5.41, 5.74) is -4.05. The van der Waals surface area contributed by atoms with Crippen molar-refractivity contribution in [2.75, 3.05) is 11.1 Å². The highest BCUT2D eigenvalue weighted by Crippen LogP contribution is 2.30. The van der Waals surface area contributed by atoms with Gasteiger partial charge in [-0.1, -0.05) is 72.6 Å². The summed E-state index contributed by atoms with van der Waals surface area (Å²) in [6.45, 7) is 0. The first-order chi connectivity index (χ1) is 8.06. The number of hydrogen-bond acceptors (Lipinski definition) is 1. The molecule has 0 aliphatic rings. The van der Waals surface area contributed by atoms with Gasteiger partial charge in [-0.15, -0.1) is 0 Å². The van der Waals surface area contributed by atoms with E-state index in [1.54, 1.807) is 0 Å². The van der Waals surface area contributed by atoms with Gasteiger partial charge in [0.15, 0.2) is 0 Å². The van der Waals surface area contributed by atoms with Crippen LogP contribution in [0.3, 0.4) is 0 Å². The molecule has 5 heteroatoms. The second kappa shape index (κ2) is 11.7. The summed E-state index contributed by atoms with van der Waals surface area (Å²) >= 11 is 3.51. The first-order valence-electron chi connectivity index (χ1n) is 6.33. The summed E-state index contributed by atoms with van der Waals surface area (Å²) in [6, 6.07) is 0. The van der Waals surface area contributed by atoms with E-state index >= 15 is 0 Å². The largest absolute Gasteiger partial charge is 0.441 e. The smallest absolute Gasteiger partial charge is 0.160 e. The summed E-state index contributed by atoms with van der Waals surface area (Å²) in [6.07, 6.45) is 10.2. The SMILES string of the molecule is FC(F)(F)SCCCCCCCCCCCBr. The Morgan fingerprint density at radius 3 is 1.53 bits per heavy atom. The predicted molar refractivity (Wildman–Crippen MR) is 73.9 cm³/mol. The Kier molecular flexibility index (Phi) is 12.1. The van der Waals surface area contributed by atoms with Crippen LogP contribution in [0, 0.1) is 0 Å². The van der Waals surface area contributed by atoms with E-state index < -0.39 is 5.51 Å². The lowest BCUT2D eigenvalue weighted by atomic mass is 10.1. The van der Waals surface area contributed by atoms with Crippen LogP contribution < -0.4 is 0 Å². The molecule has 0 bridgehead atoms. The number of halogens is 4. The van der Waals surface area contributed by atoms with E-state index in [2.05, 4.69) is 15.9 Å². The van der Waals surface area contributed by atoms with E-state index in [0.717, 1.165) is 18.2 Å². The monoisotopic (exact) mass is 334 g/mol. The van der Waals surface area contributed by atoms with Crippen molar-refractivity contribution < 1.29 is 13.2 Å². The molecule has 17 heavy (non-hydrogen) atoms. The molecule has 0 nitrogen and oxygen atoms in total. The molecular formula is C12H22BrF3S. The number of alkyl halides is 4. The first-order valence-corrected chi connectivity index (χ1v) is 8.43. The molecule has 0 spiro atoms. The molecule has 0 saturated heterocycles. The average molecular weight is 335 g/mol. The highest BCUT2D eigenvalue weighted by molar-refractivity contribution is 9.09. The van der Waals surface area contributed by atoms with Crippen molar-refractivity contribution in [3.63, 3.8) is 0 Å². The third kappa shape index (κ3) is 16.6. The Balaban J connectivity index is 2.99. The summed E-state index contributed by atoms with van der Waals surface area (Å²) in [4.78, 5) is 0. The van der Waals surface area contributed by atoms with Gasteiger partial charge < -0.3 is 0 Å². The maximum atomic E-state index is 11.8. The van der Waals surface area contributed by atoms with Gasteiger partial charge >= 0.3 is 5.51 Å². The van der Waals surface area contributed by atoms with Gasteiger partial charge in [0.05, 0.1) is 0 Å². The maximum Gasteiger partial charge on any atom is 0.441 e. The van der Waals surface area contributed by atoms with Crippen molar-refractivity contribution in [2.24, 2.45) is 0 Å². The van der Waals surface area contributed by atoms with Gasteiger partial charge in [0.25, 0.3) is 0 Å². The third-order valence-corrected chi connectivity index (χ3v) is 3.92. The van der Waals surface area contributed by atoms with Crippen LogP contribution in [0.4, 0.5) is 13.2 Å². The molecule has 0 fully saturated rings. The van der Waals surface area contributed by atoms with Gasteiger partial charge in [-0.3, -0.25) is 0 Å². The first kappa shape index (κ1) is 17.6. The van der Waals surface area contributed by atoms with Gasteiger partial charge in [0, 0.05) is 11.1 Å². The van der Waals surface area contributed by atoms with Crippen molar-refractivity contribution in [3.05, 3.63) is 0 Å². The molecule has 0 rings (SSSR count). The van der Waals surface area contributed by atoms with E-state index in [0.29, 0.717) is 6.42 Å². The van der Waals surface area contributed by atoms with Crippen LogP contribution in [-0.4, -0.2) is 16.6 Å². The lowest BCUT2D eigenvalue weighted by molar-refractivity contribution is -0.0328. The summed E-state index contributed by atoms with van der Waals surface area (Å²) in [5.74, 6) is 0.217. The summed E-state index contributed by atoms with van der Waals surface area (Å²) in [7, 11) is 0. The minimum absolute atomic E-state index is 0.107. The van der Waals surface area contributed by atoms with E-state index in [1.165, 1.54) is 38.5 Å². The lowest BCUT2D eigenvalue weighted by Crippen LogP contribution is -2.01. The standard InChI is InChI=1S/C12H22BrF3S/c13-10-8-6-4-2-1-3-5-7-9-11-17-12(14,15)16/h1-11H2. The molecule has 0 aromatic carbocycles. The molecule has 0 unspecified atom stereocenters. The molecule has 0 amide bonds. The van der Waals surface area contributed by atoms with Crippen LogP contribution in [0.1, 0.15) is 57.8 Å². The normalized spacial score (nSPS) is 12.0. The fourth-order valence-corrected chi connectivity index (χ4v) is 2.60. The van der Waals surface area contributed by atoms with Crippen LogP contribution in [-0.2, 0) is 0 Å². The van der Waals surface area contributed by atoms with E-state index in [1.807, 2.05) is 0 Å². The lowest BCUT2D eigenvalue weighted by Gasteiger charge is -2.05. The molecule has 0 atom stereocenters. The Hall–Kier alpha value is 0.620. The minimum Gasteiger partial charge on any atom is -0.160 e. The molecule has 0 N–H and O–H groups in total. The zero-order valence-electron chi connectivity index (χ0n) is 10.2. The number of rotatable bonds is 11. The molecule has 0 radical (unpaired) electrons. The number of thioether (sulfide) groups is 1. The zero-order chi connectivity index (χ0) is 13.0. The molecule has 0 aliphatic carbocycles. The second-order valence-electron chi connectivity index (χ2n) is 4.17.